The van der Waals surface area contributed by atoms with Crippen LogP contribution < -0.4 is 0 Å². The van der Waals surface area contributed by atoms with Crippen LogP contribution in [0.2, 0.25) is 0 Å². The van der Waals surface area contributed by atoms with Crippen LogP contribution in [-0.2, 0) is 9.53 Å². The van der Waals surface area contributed by atoms with Crippen LogP contribution in [0.25, 0.3) is 0 Å². The molecule has 0 radical (unpaired) electrons. The van der Waals surface area contributed by atoms with Crippen molar-refractivity contribution in [2.75, 3.05) is 7.11 Å². The van der Waals surface area contributed by atoms with Gasteiger partial charge in [0, 0.05) is 25.0 Å². The zero-order valence-electron chi connectivity index (χ0n) is 6.70. The molecule has 0 bridgehead atoms. The van der Waals surface area contributed by atoms with E-state index in [0.717, 1.165) is 0 Å². The van der Waals surface area contributed by atoms with Gasteiger partial charge in [0.1, 0.15) is 0 Å². The predicted octanol–water partition coefficient (Wildman–Crippen LogP) is 1.05. The van der Waals surface area contributed by atoms with E-state index in [4.69, 9.17) is 9.84 Å². The van der Waals surface area contributed by atoms with Crippen molar-refractivity contribution in [3.8, 4) is 0 Å². The molecule has 0 saturated carbocycles. The average Bonchev–Trinajstić information content (AvgIpc) is 2.31. The first-order valence-electron chi connectivity index (χ1n) is 3.62. The van der Waals surface area contributed by atoms with E-state index in [1.807, 2.05) is 6.92 Å². The molecule has 0 aliphatic heterocycles. The summed E-state index contributed by atoms with van der Waals surface area (Å²) >= 11 is 0. The third-order valence-electron chi connectivity index (χ3n) is 2.05. The van der Waals surface area contributed by atoms with E-state index >= 15 is 0 Å². The summed E-state index contributed by atoms with van der Waals surface area (Å²) in [6.45, 7) is 1.96. The van der Waals surface area contributed by atoms with E-state index in [9.17, 15) is 4.79 Å². The van der Waals surface area contributed by atoms with E-state index in [1.165, 1.54) is 0 Å². The maximum Gasteiger partial charge on any atom is 0.331 e. The largest absolute Gasteiger partial charge is 0.478 e. The highest BCUT2D eigenvalue weighted by Gasteiger charge is 2.26. The highest BCUT2D eigenvalue weighted by Crippen LogP contribution is 2.26. The van der Waals surface area contributed by atoms with Gasteiger partial charge in [0.2, 0.25) is 0 Å². The monoisotopic (exact) mass is 156 g/mol. The normalized spacial score (nSPS) is 30.2. The zero-order chi connectivity index (χ0) is 8.43. The van der Waals surface area contributed by atoms with Crippen LogP contribution in [0.15, 0.2) is 11.6 Å². The van der Waals surface area contributed by atoms with Crippen molar-refractivity contribution in [3.63, 3.8) is 0 Å². The summed E-state index contributed by atoms with van der Waals surface area (Å²) in [6.07, 6.45) is 2.35. The fraction of sp³-hybridized carbons (Fsp3) is 0.625. The van der Waals surface area contributed by atoms with Crippen molar-refractivity contribution in [1.29, 1.82) is 0 Å². The Morgan fingerprint density at radius 2 is 2.45 bits per heavy atom. The Balaban J connectivity index is 2.63. The van der Waals surface area contributed by atoms with Gasteiger partial charge in [-0.3, -0.25) is 0 Å². The van der Waals surface area contributed by atoms with Crippen LogP contribution >= 0.6 is 0 Å². The molecule has 0 fully saturated rings. The Morgan fingerprint density at radius 3 is 2.73 bits per heavy atom. The number of hydrogen-bond donors (Lipinski definition) is 1. The van der Waals surface area contributed by atoms with Gasteiger partial charge in [0.15, 0.2) is 0 Å². The van der Waals surface area contributed by atoms with Crippen LogP contribution in [0.1, 0.15) is 13.3 Å². The molecule has 0 aromatic carbocycles. The number of carboxylic acids is 1. The lowest BCUT2D eigenvalue weighted by molar-refractivity contribution is -0.132. The Bertz CT molecular complexity index is 196. The molecule has 0 aromatic heterocycles. The molecule has 0 spiro atoms. The molecule has 62 valence electrons. The first-order chi connectivity index (χ1) is 5.15. The molecule has 11 heavy (non-hydrogen) atoms. The van der Waals surface area contributed by atoms with Gasteiger partial charge < -0.3 is 9.84 Å². The van der Waals surface area contributed by atoms with Crippen molar-refractivity contribution in [2.24, 2.45) is 5.92 Å². The number of aliphatic carboxylic acids is 1. The van der Waals surface area contributed by atoms with Gasteiger partial charge >= 0.3 is 5.97 Å². The molecular formula is C8H12O3. The Kier molecular flexibility index (Phi) is 2.29. The van der Waals surface area contributed by atoms with Crippen LogP contribution in [-0.4, -0.2) is 24.3 Å². The van der Waals surface area contributed by atoms with E-state index in [2.05, 4.69) is 0 Å². The molecule has 2 atom stereocenters. The van der Waals surface area contributed by atoms with Gasteiger partial charge in [0.05, 0.1) is 6.10 Å². The molecule has 1 N–H and O–H groups in total. The van der Waals surface area contributed by atoms with Crippen molar-refractivity contribution < 1.29 is 14.6 Å². The molecule has 0 saturated heterocycles. The number of ether oxygens (including phenoxy) is 1. The molecule has 0 aromatic rings. The Hall–Kier alpha value is -0.830. The summed E-state index contributed by atoms with van der Waals surface area (Å²) in [4.78, 5) is 10.5. The number of carbonyl (C=O) groups is 1. The number of rotatable bonds is 2. The van der Waals surface area contributed by atoms with Crippen LogP contribution in [0, 0.1) is 5.92 Å². The Labute approximate surface area is 65.7 Å². The minimum Gasteiger partial charge on any atom is -0.478 e. The zero-order valence-corrected chi connectivity index (χ0v) is 6.70. The average molecular weight is 156 g/mol. The minimum atomic E-state index is -0.823. The molecule has 0 amide bonds. The smallest absolute Gasteiger partial charge is 0.331 e. The van der Waals surface area contributed by atoms with Crippen LogP contribution in [0.5, 0.6) is 0 Å². The summed E-state index contributed by atoms with van der Waals surface area (Å²) < 4.78 is 5.09. The maximum absolute atomic E-state index is 10.5. The van der Waals surface area contributed by atoms with E-state index < -0.39 is 5.97 Å². The van der Waals surface area contributed by atoms with E-state index in [-0.39, 0.29) is 12.0 Å². The third-order valence-corrected chi connectivity index (χ3v) is 2.05. The lowest BCUT2D eigenvalue weighted by Crippen LogP contribution is -2.14. The van der Waals surface area contributed by atoms with Gasteiger partial charge in [-0.15, -0.1) is 0 Å². The molecule has 1 rings (SSSR count). The van der Waals surface area contributed by atoms with Crippen LogP contribution in [0.4, 0.5) is 0 Å². The minimum absolute atomic E-state index is 0.0566. The summed E-state index contributed by atoms with van der Waals surface area (Å²) in [5.74, 6) is -0.595. The summed E-state index contributed by atoms with van der Waals surface area (Å²) in [5.41, 5.74) is 0.476. The maximum atomic E-state index is 10.5. The van der Waals surface area contributed by atoms with Gasteiger partial charge in [-0.2, -0.15) is 0 Å². The molecule has 1 aliphatic carbocycles. The van der Waals surface area contributed by atoms with E-state index in [0.29, 0.717) is 12.0 Å². The SMILES string of the molecule is CO[C@H]1CC(C(=O)O)=C[C@@H]1C. The lowest BCUT2D eigenvalue weighted by atomic mass is 10.1. The number of hydrogen-bond acceptors (Lipinski definition) is 2. The topological polar surface area (TPSA) is 46.5 Å². The Morgan fingerprint density at radius 1 is 1.82 bits per heavy atom. The van der Waals surface area contributed by atoms with Gasteiger partial charge in [-0.1, -0.05) is 13.0 Å². The second-order valence-corrected chi connectivity index (χ2v) is 2.83. The van der Waals surface area contributed by atoms with Crippen molar-refractivity contribution >= 4 is 5.97 Å². The van der Waals surface area contributed by atoms with Crippen molar-refractivity contribution in [1.82, 2.24) is 0 Å². The second-order valence-electron chi connectivity index (χ2n) is 2.83. The van der Waals surface area contributed by atoms with Crippen molar-refractivity contribution in [3.05, 3.63) is 11.6 Å². The quantitative estimate of drug-likeness (QED) is 0.650. The summed E-state index contributed by atoms with van der Waals surface area (Å²) in [7, 11) is 1.61. The third kappa shape index (κ3) is 1.60. The predicted molar refractivity (Wildman–Crippen MR) is 40.3 cm³/mol. The van der Waals surface area contributed by atoms with Gasteiger partial charge in [-0.05, 0) is 0 Å². The fourth-order valence-electron chi connectivity index (χ4n) is 1.35. The van der Waals surface area contributed by atoms with Crippen molar-refractivity contribution in [2.45, 2.75) is 19.4 Å². The van der Waals surface area contributed by atoms with Crippen LogP contribution in [0.3, 0.4) is 0 Å². The molecule has 3 heteroatoms. The fourth-order valence-corrected chi connectivity index (χ4v) is 1.35. The summed E-state index contributed by atoms with van der Waals surface area (Å²) in [6, 6.07) is 0. The molecule has 0 unspecified atom stereocenters. The lowest BCUT2D eigenvalue weighted by Gasteiger charge is -2.11. The number of carboxylic acid groups (broad SMARTS) is 1. The second kappa shape index (κ2) is 3.05. The summed E-state index contributed by atoms with van der Waals surface area (Å²) in [5, 5.41) is 8.62. The highest BCUT2D eigenvalue weighted by atomic mass is 16.5. The standard InChI is InChI=1S/C8H12O3/c1-5-3-6(8(9)10)4-7(5)11-2/h3,5,7H,4H2,1-2H3,(H,9,10)/t5-,7-/m0/s1. The van der Waals surface area contributed by atoms with Gasteiger partial charge in [-0.25, -0.2) is 4.79 Å². The molecule has 0 heterocycles. The first-order valence-corrected chi connectivity index (χ1v) is 3.62. The molecular weight excluding hydrogens is 144 g/mol. The highest BCUT2D eigenvalue weighted by molar-refractivity contribution is 5.87. The van der Waals surface area contributed by atoms with Gasteiger partial charge in [0.25, 0.3) is 0 Å². The molecule has 3 nitrogen and oxygen atoms in total. The molecule has 1 aliphatic rings. The number of methoxy groups -OCH3 is 1. The first kappa shape index (κ1) is 8.27. The van der Waals surface area contributed by atoms with E-state index in [1.54, 1.807) is 13.2 Å².